The van der Waals surface area contributed by atoms with Crippen LogP contribution in [0.2, 0.25) is 0 Å². The quantitative estimate of drug-likeness (QED) is 0.676. The van der Waals surface area contributed by atoms with Crippen molar-refractivity contribution in [1.29, 1.82) is 0 Å². The summed E-state index contributed by atoms with van der Waals surface area (Å²) in [6, 6.07) is 0. The van der Waals surface area contributed by atoms with Gasteiger partial charge in [-0.05, 0) is 5.92 Å². The Morgan fingerprint density at radius 2 is 2.43 bits per heavy atom. The number of carboxylic acids is 1. The van der Waals surface area contributed by atoms with Crippen LogP contribution in [0.15, 0.2) is 12.2 Å². The minimum absolute atomic E-state index is 0.249. The van der Waals surface area contributed by atoms with Gasteiger partial charge in [-0.25, -0.2) is 4.79 Å². The smallest absolute Gasteiger partial charge is 0.332 e. The van der Waals surface area contributed by atoms with Crippen LogP contribution in [0.4, 0.5) is 0 Å². The summed E-state index contributed by atoms with van der Waals surface area (Å²) in [5.74, 6) is -0.457. The summed E-state index contributed by atoms with van der Waals surface area (Å²) in [6.07, 6.45) is 0. The Kier molecular flexibility index (Phi) is 4.10. The van der Waals surface area contributed by atoms with E-state index in [0.29, 0.717) is 19.1 Å². The lowest BCUT2D eigenvalue weighted by Crippen LogP contribution is -2.32. The normalized spacial score (nSPS) is 24.2. The van der Waals surface area contributed by atoms with Crippen LogP contribution in [0.1, 0.15) is 6.92 Å². The average Bonchev–Trinajstić information content (AvgIpc) is 2.29. The van der Waals surface area contributed by atoms with E-state index in [0.717, 1.165) is 19.7 Å². The minimum atomic E-state index is -0.914. The number of hydrogen-bond donors (Lipinski definition) is 1. The maximum Gasteiger partial charge on any atom is 0.332 e. The molecular formula is C10H17NO3. The van der Waals surface area contributed by atoms with E-state index in [1.807, 2.05) is 0 Å². The molecule has 1 atom stereocenters. The molecule has 0 saturated carbocycles. The van der Waals surface area contributed by atoms with Crippen LogP contribution < -0.4 is 0 Å². The van der Waals surface area contributed by atoms with Gasteiger partial charge in [-0.2, -0.15) is 0 Å². The summed E-state index contributed by atoms with van der Waals surface area (Å²) in [4.78, 5) is 12.7. The zero-order valence-electron chi connectivity index (χ0n) is 8.53. The summed E-state index contributed by atoms with van der Waals surface area (Å²) in [5, 5.41) is 8.69. The zero-order valence-corrected chi connectivity index (χ0v) is 8.53. The van der Waals surface area contributed by atoms with Crippen molar-refractivity contribution in [1.82, 2.24) is 4.90 Å². The molecule has 0 aromatic carbocycles. The Hall–Kier alpha value is -0.870. The van der Waals surface area contributed by atoms with Crippen molar-refractivity contribution >= 4 is 5.97 Å². The molecule has 1 heterocycles. The number of rotatable bonds is 3. The molecule has 0 spiro atoms. The number of carbonyl (C=O) groups is 1. The van der Waals surface area contributed by atoms with Gasteiger partial charge in [-0.15, -0.1) is 0 Å². The van der Waals surface area contributed by atoms with Crippen LogP contribution in [0.25, 0.3) is 0 Å². The van der Waals surface area contributed by atoms with Crippen molar-refractivity contribution in [3.63, 3.8) is 0 Å². The topological polar surface area (TPSA) is 49.8 Å². The van der Waals surface area contributed by atoms with Crippen LogP contribution in [-0.4, -0.2) is 48.8 Å². The maximum absolute atomic E-state index is 10.6. The van der Waals surface area contributed by atoms with Gasteiger partial charge in [0.2, 0.25) is 0 Å². The molecular weight excluding hydrogens is 182 g/mol. The van der Waals surface area contributed by atoms with Crippen LogP contribution in [0.5, 0.6) is 0 Å². The minimum Gasteiger partial charge on any atom is -0.478 e. The van der Waals surface area contributed by atoms with Gasteiger partial charge in [0, 0.05) is 25.2 Å². The molecule has 0 aliphatic carbocycles. The van der Waals surface area contributed by atoms with E-state index < -0.39 is 5.97 Å². The van der Waals surface area contributed by atoms with Crippen LogP contribution in [0, 0.1) is 5.92 Å². The Labute approximate surface area is 84.2 Å². The Morgan fingerprint density at radius 1 is 1.71 bits per heavy atom. The third kappa shape index (κ3) is 3.47. The van der Waals surface area contributed by atoms with Crippen molar-refractivity contribution in [3.8, 4) is 0 Å². The molecule has 80 valence electrons. The summed E-state index contributed by atoms with van der Waals surface area (Å²) in [5.41, 5.74) is 0.249. The summed E-state index contributed by atoms with van der Waals surface area (Å²) in [7, 11) is 0. The summed E-state index contributed by atoms with van der Waals surface area (Å²) < 4.78 is 5.36. The molecule has 1 fully saturated rings. The van der Waals surface area contributed by atoms with Crippen molar-refractivity contribution in [3.05, 3.63) is 12.2 Å². The molecule has 4 nitrogen and oxygen atoms in total. The highest BCUT2D eigenvalue weighted by molar-refractivity contribution is 5.86. The summed E-state index contributed by atoms with van der Waals surface area (Å²) >= 11 is 0. The Bertz CT molecular complexity index is 227. The highest BCUT2D eigenvalue weighted by Gasteiger charge is 2.17. The predicted octanol–water partition coefficient (Wildman–Crippen LogP) is 0.595. The van der Waals surface area contributed by atoms with Crippen LogP contribution >= 0.6 is 0 Å². The van der Waals surface area contributed by atoms with E-state index in [9.17, 15) is 4.79 Å². The first kappa shape index (κ1) is 11.2. The molecule has 14 heavy (non-hydrogen) atoms. The fraction of sp³-hybridized carbons (Fsp3) is 0.700. The Morgan fingerprint density at radius 3 is 3.07 bits per heavy atom. The molecule has 1 aliphatic heterocycles. The van der Waals surface area contributed by atoms with Gasteiger partial charge < -0.3 is 9.84 Å². The fourth-order valence-electron chi connectivity index (χ4n) is 1.54. The van der Waals surface area contributed by atoms with E-state index in [1.165, 1.54) is 0 Å². The molecule has 0 radical (unpaired) electrons. The first-order valence-corrected chi connectivity index (χ1v) is 4.80. The second-order valence-electron chi connectivity index (χ2n) is 3.82. The number of ether oxygens (including phenoxy) is 1. The molecule has 1 aliphatic rings. The van der Waals surface area contributed by atoms with Crippen LogP contribution in [-0.2, 0) is 9.53 Å². The standard InChI is InChI=1S/C10H17NO3/c1-8-5-11(3-4-14-7-8)6-9(2)10(12)13/h8H,2-7H2,1H3,(H,12,13). The molecule has 0 amide bonds. The molecule has 4 heteroatoms. The third-order valence-electron chi connectivity index (χ3n) is 2.24. The Balaban J connectivity index is 2.42. The van der Waals surface area contributed by atoms with E-state index in [2.05, 4.69) is 18.4 Å². The highest BCUT2D eigenvalue weighted by Crippen LogP contribution is 2.07. The molecule has 0 aromatic rings. The molecule has 1 unspecified atom stereocenters. The molecule has 1 saturated heterocycles. The van der Waals surface area contributed by atoms with E-state index in [4.69, 9.17) is 9.84 Å². The molecule has 1 N–H and O–H groups in total. The van der Waals surface area contributed by atoms with Crippen LogP contribution in [0.3, 0.4) is 0 Å². The number of carboxylic acid groups (broad SMARTS) is 1. The van der Waals surface area contributed by atoms with E-state index in [-0.39, 0.29) is 5.57 Å². The third-order valence-corrected chi connectivity index (χ3v) is 2.24. The zero-order chi connectivity index (χ0) is 10.6. The lowest BCUT2D eigenvalue weighted by Gasteiger charge is -2.20. The van der Waals surface area contributed by atoms with Crippen molar-refractivity contribution in [2.45, 2.75) is 6.92 Å². The average molecular weight is 199 g/mol. The van der Waals surface area contributed by atoms with Gasteiger partial charge in [0.15, 0.2) is 0 Å². The summed E-state index contributed by atoms with van der Waals surface area (Å²) in [6.45, 7) is 9.16. The first-order chi connectivity index (χ1) is 6.59. The highest BCUT2D eigenvalue weighted by atomic mass is 16.5. The predicted molar refractivity (Wildman–Crippen MR) is 53.2 cm³/mol. The van der Waals surface area contributed by atoms with Gasteiger partial charge in [0.05, 0.1) is 13.2 Å². The fourth-order valence-corrected chi connectivity index (χ4v) is 1.54. The second kappa shape index (κ2) is 5.12. The lowest BCUT2D eigenvalue weighted by atomic mass is 10.2. The SMILES string of the molecule is C=C(CN1CCOCC(C)C1)C(=O)O. The number of hydrogen-bond acceptors (Lipinski definition) is 3. The van der Waals surface area contributed by atoms with Crippen molar-refractivity contribution in [2.75, 3.05) is 32.8 Å². The van der Waals surface area contributed by atoms with Gasteiger partial charge in [0.25, 0.3) is 0 Å². The lowest BCUT2D eigenvalue weighted by molar-refractivity contribution is -0.132. The number of nitrogens with zero attached hydrogens (tertiary/aromatic N) is 1. The first-order valence-electron chi connectivity index (χ1n) is 4.80. The van der Waals surface area contributed by atoms with Gasteiger partial charge in [-0.3, -0.25) is 4.90 Å². The molecule has 0 aromatic heterocycles. The number of aliphatic carboxylic acids is 1. The van der Waals surface area contributed by atoms with Crippen molar-refractivity contribution < 1.29 is 14.6 Å². The van der Waals surface area contributed by atoms with Gasteiger partial charge >= 0.3 is 5.97 Å². The largest absolute Gasteiger partial charge is 0.478 e. The van der Waals surface area contributed by atoms with Gasteiger partial charge in [-0.1, -0.05) is 13.5 Å². The second-order valence-corrected chi connectivity index (χ2v) is 3.82. The monoisotopic (exact) mass is 199 g/mol. The molecule has 0 bridgehead atoms. The molecule has 1 rings (SSSR count). The van der Waals surface area contributed by atoms with E-state index in [1.54, 1.807) is 0 Å². The van der Waals surface area contributed by atoms with E-state index >= 15 is 0 Å². The van der Waals surface area contributed by atoms with Crippen molar-refractivity contribution in [2.24, 2.45) is 5.92 Å². The van der Waals surface area contributed by atoms with Gasteiger partial charge in [0.1, 0.15) is 0 Å². The maximum atomic E-state index is 10.6.